The van der Waals surface area contributed by atoms with Crippen LogP contribution in [0.25, 0.3) is 0 Å². The highest BCUT2D eigenvalue weighted by atomic mass is 32.2. The van der Waals surface area contributed by atoms with Gasteiger partial charge in [-0.2, -0.15) is 0 Å². The maximum Gasteiger partial charge on any atom is 0.191 e. The summed E-state index contributed by atoms with van der Waals surface area (Å²) in [5.74, 6) is 2.00. The van der Waals surface area contributed by atoms with Crippen LogP contribution >= 0.6 is 11.8 Å². The fraction of sp³-hybridized carbons (Fsp3) is 0.733. The zero-order chi connectivity index (χ0) is 14.6. The second-order valence-corrected chi connectivity index (χ2v) is 6.91. The van der Waals surface area contributed by atoms with Crippen molar-refractivity contribution in [2.75, 3.05) is 36.1 Å². The van der Waals surface area contributed by atoms with Crippen LogP contribution in [0.2, 0.25) is 0 Å². The smallest absolute Gasteiger partial charge is 0.191 e. The van der Waals surface area contributed by atoms with Gasteiger partial charge in [-0.15, -0.1) is 0 Å². The van der Waals surface area contributed by atoms with Crippen LogP contribution in [0.4, 0.5) is 11.6 Å². The van der Waals surface area contributed by atoms with E-state index in [-0.39, 0.29) is 0 Å². The molecule has 0 aromatic carbocycles. The van der Waals surface area contributed by atoms with E-state index in [1.54, 1.807) is 11.8 Å². The second-order valence-electron chi connectivity index (χ2n) is 6.13. The number of anilines is 2. The van der Waals surface area contributed by atoms with E-state index < -0.39 is 0 Å². The number of nitrogens with one attached hydrogen (secondary N) is 1. The van der Waals surface area contributed by atoms with Crippen molar-refractivity contribution in [1.82, 2.24) is 9.97 Å². The summed E-state index contributed by atoms with van der Waals surface area (Å²) in [7, 11) is 0. The number of thioether (sulfide) groups is 1. The minimum Gasteiger partial charge on any atom is -0.370 e. The van der Waals surface area contributed by atoms with E-state index in [9.17, 15) is 0 Å². The van der Waals surface area contributed by atoms with Gasteiger partial charge in [0.25, 0.3) is 0 Å². The van der Waals surface area contributed by atoms with Gasteiger partial charge in [-0.1, -0.05) is 25.6 Å². The van der Waals surface area contributed by atoms with E-state index in [0.29, 0.717) is 5.41 Å². The molecule has 1 saturated heterocycles. The van der Waals surface area contributed by atoms with Crippen molar-refractivity contribution < 1.29 is 0 Å². The Labute approximate surface area is 126 Å². The third-order valence-electron chi connectivity index (χ3n) is 3.90. The van der Waals surface area contributed by atoms with E-state index in [1.807, 2.05) is 6.26 Å². The molecule has 0 radical (unpaired) electrons. The minimum atomic E-state index is 0.453. The number of hydrogen-bond acceptors (Lipinski definition) is 5. The van der Waals surface area contributed by atoms with Gasteiger partial charge in [0.1, 0.15) is 11.6 Å². The molecule has 1 aliphatic rings. The zero-order valence-electron chi connectivity index (χ0n) is 13.1. The summed E-state index contributed by atoms with van der Waals surface area (Å²) in [6.07, 6.45) is 5.79. The predicted octanol–water partition coefficient (Wildman–Crippen LogP) is 3.65. The lowest BCUT2D eigenvalue weighted by Gasteiger charge is -2.24. The minimum absolute atomic E-state index is 0.453. The molecule has 1 aliphatic heterocycles. The monoisotopic (exact) mass is 294 g/mol. The molecule has 0 saturated carbocycles. The molecular formula is C15H26N4S. The largest absolute Gasteiger partial charge is 0.370 e. The molecule has 4 nitrogen and oxygen atoms in total. The molecule has 0 amide bonds. The lowest BCUT2D eigenvalue weighted by Crippen LogP contribution is -2.26. The molecule has 0 bridgehead atoms. The Hall–Kier alpha value is -0.970. The molecule has 112 valence electrons. The second kappa shape index (κ2) is 6.66. The van der Waals surface area contributed by atoms with E-state index in [0.717, 1.165) is 36.4 Å². The fourth-order valence-electron chi connectivity index (χ4n) is 2.59. The SMILES string of the molecule is CCNc1cc(N2CCCC(C)(C)CC2)nc(SC)n1. The molecule has 1 aromatic rings. The van der Waals surface area contributed by atoms with E-state index in [2.05, 4.69) is 47.0 Å². The Balaban J connectivity index is 2.20. The van der Waals surface area contributed by atoms with Crippen LogP contribution in [0.15, 0.2) is 11.2 Å². The Morgan fingerprint density at radius 2 is 2.10 bits per heavy atom. The number of nitrogens with zero attached hydrogens (tertiary/aromatic N) is 3. The van der Waals surface area contributed by atoms with E-state index in [4.69, 9.17) is 0 Å². The van der Waals surface area contributed by atoms with Gasteiger partial charge in [-0.05, 0) is 37.9 Å². The summed E-state index contributed by atoms with van der Waals surface area (Å²) in [5, 5.41) is 4.15. The third kappa shape index (κ3) is 4.01. The first-order chi connectivity index (χ1) is 9.54. The molecule has 5 heteroatoms. The number of hydrogen-bond donors (Lipinski definition) is 1. The van der Waals surface area contributed by atoms with Gasteiger partial charge in [0.05, 0.1) is 0 Å². The molecule has 2 rings (SSSR count). The first-order valence-electron chi connectivity index (χ1n) is 7.46. The lowest BCUT2D eigenvalue weighted by molar-refractivity contribution is 0.325. The molecule has 0 atom stereocenters. The Bertz CT molecular complexity index is 447. The summed E-state index contributed by atoms with van der Waals surface area (Å²) < 4.78 is 0. The van der Waals surface area contributed by atoms with Crippen LogP contribution in [0, 0.1) is 5.41 Å². The standard InChI is InChI=1S/C15H26N4S/c1-5-16-12-11-13(18-14(17-12)20-4)19-9-6-7-15(2,3)8-10-19/h11H,5-10H2,1-4H3,(H,16,17,18). The van der Waals surface area contributed by atoms with Gasteiger partial charge in [0.2, 0.25) is 0 Å². The Morgan fingerprint density at radius 1 is 1.30 bits per heavy atom. The molecule has 20 heavy (non-hydrogen) atoms. The molecule has 0 aliphatic carbocycles. The highest BCUT2D eigenvalue weighted by molar-refractivity contribution is 7.98. The van der Waals surface area contributed by atoms with Crippen molar-refractivity contribution in [3.63, 3.8) is 0 Å². The quantitative estimate of drug-likeness (QED) is 0.678. The summed E-state index contributed by atoms with van der Waals surface area (Å²) in [4.78, 5) is 11.6. The summed E-state index contributed by atoms with van der Waals surface area (Å²) in [5.41, 5.74) is 0.453. The van der Waals surface area contributed by atoms with Gasteiger partial charge >= 0.3 is 0 Å². The van der Waals surface area contributed by atoms with Crippen LogP contribution in [-0.2, 0) is 0 Å². The summed E-state index contributed by atoms with van der Waals surface area (Å²) in [6, 6.07) is 2.08. The van der Waals surface area contributed by atoms with Gasteiger partial charge in [0, 0.05) is 25.7 Å². The van der Waals surface area contributed by atoms with Crippen molar-refractivity contribution in [3.8, 4) is 0 Å². The number of aromatic nitrogens is 2. The van der Waals surface area contributed by atoms with Crippen LogP contribution in [0.3, 0.4) is 0 Å². The Morgan fingerprint density at radius 3 is 2.80 bits per heavy atom. The first-order valence-corrected chi connectivity index (χ1v) is 8.68. The number of rotatable bonds is 4. The summed E-state index contributed by atoms with van der Waals surface area (Å²) in [6.45, 7) is 9.90. The zero-order valence-corrected chi connectivity index (χ0v) is 13.9. The first kappa shape index (κ1) is 15.4. The average molecular weight is 294 g/mol. The molecule has 0 spiro atoms. The average Bonchev–Trinajstić information content (AvgIpc) is 2.59. The predicted molar refractivity (Wildman–Crippen MR) is 87.8 cm³/mol. The van der Waals surface area contributed by atoms with Gasteiger partial charge in [0.15, 0.2) is 5.16 Å². The Kier molecular flexibility index (Phi) is 5.13. The van der Waals surface area contributed by atoms with Gasteiger partial charge in [-0.25, -0.2) is 9.97 Å². The molecule has 1 N–H and O–H groups in total. The van der Waals surface area contributed by atoms with Crippen LogP contribution in [0.1, 0.15) is 40.0 Å². The van der Waals surface area contributed by atoms with Crippen LogP contribution in [0.5, 0.6) is 0 Å². The van der Waals surface area contributed by atoms with Crippen LogP contribution in [-0.4, -0.2) is 35.9 Å². The van der Waals surface area contributed by atoms with E-state index >= 15 is 0 Å². The highest BCUT2D eigenvalue weighted by Gasteiger charge is 2.24. The van der Waals surface area contributed by atoms with Gasteiger partial charge < -0.3 is 10.2 Å². The van der Waals surface area contributed by atoms with Crippen molar-refractivity contribution in [1.29, 1.82) is 0 Å². The lowest BCUT2D eigenvalue weighted by atomic mass is 9.85. The molecule has 1 aromatic heterocycles. The molecule has 0 unspecified atom stereocenters. The summed E-state index contributed by atoms with van der Waals surface area (Å²) >= 11 is 1.60. The normalized spacial score (nSPS) is 18.7. The van der Waals surface area contributed by atoms with E-state index in [1.165, 1.54) is 19.3 Å². The molecule has 2 heterocycles. The molecule has 1 fully saturated rings. The highest BCUT2D eigenvalue weighted by Crippen LogP contribution is 2.32. The molecular weight excluding hydrogens is 268 g/mol. The third-order valence-corrected chi connectivity index (χ3v) is 4.44. The maximum absolute atomic E-state index is 4.69. The van der Waals surface area contributed by atoms with Crippen molar-refractivity contribution >= 4 is 23.4 Å². The fourth-order valence-corrected chi connectivity index (χ4v) is 2.96. The van der Waals surface area contributed by atoms with Crippen molar-refractivity contribution in [3.05, 3.63) is 6.07 Å². The van der Waals surface area contributed by atoms with Gasteiger partial charge in [-0.3, -0.25) is 0 Å². The topological polar surface area (TPSA) is 41.0 Å². The van der Waals surface area contributed by atoms with Crippen LogP contribution < -0.4 is 10.2 Å². The van der Waals surface area contributed by atoms with Crippen molar-refractivity contribution in [2.24, 2.45) is 5.41 Å². The maximum atomic E-state index is 4.69. The van der Waals surface area contributed by atoms with Crippen molar-refractivity contribution in [2.45, 2.75) is 45.2 Å².